The van der Waals surface area contributed by atoms with Crippen molar-refractivity contribution in [2.75, 3.05) is 6.61 Å². The molecule has 0 aliphatic heterocycles. The molecule has 0 radical (unpaired) electrons. The SMILES string of the molecule is Cc1ccc(-c2cc(C(=O)N[C@@H](C)CO)c(=O)n(-c3cccc(F)c3)n2)nc1. The van der Waals surface area contributed by atoms with Crippen LogP contribution in [-0.4, -0.2) is 38.4 Å². The highest BCUT2D eigenvalue weighted by Gasteiger charge is 2.19. The average Bonchev–Trinajstić information content (AvgIpc) is 2.68. The normalized spacial score (nSPS) is 11.9. The Balaban J connectivity index is 2.19. The summed E-state index contributed by atoms with van der Waals surface area (Å²) >= 11 is 0. The van der Waals surface area contributed by atoms with Gasteiger partial charge in [-0.1, -0.05) is 12.1 Å². The molecule has 144 valence electrons. The van der Waals surface area contributed by atoms with Gasteiger partial charge in [0.15, 0.2) is 0 Å². The number of pyridine rings is 1. The quantitative estimate of drug-likeness (QED) is 0.702. The van der Waals surface area contributed by atoms with E-state index in [4.69, 9.17) is 5.11 Å². The lowest BCUT2D eigenvalue weighted by molar-refractivity contribution is 0.0920. The second-order valence-electron chi connectivity index (χ2n) is 6.42. The molecule has 8 heteroatoms. The van der Waals surface area contributed by atoms with Gasteiger partial charge in [-0.2, -0.15) is 9.78 Å². The molecule has 2 aromatic heterocycles. The zero-order valence-electron chi connectivity index (χ0n) is 15.4. The van der Waals surface area contributed by atoms with Gasteiger partial charge in [0.1, 0.15) is 17.1 Å². The fraction of sp³-hybridized carbons (Fsp3) is 0.200. The molecule has 28 heavy (non-hydrogen) atoms. The lowest BCUT2D eigenvalue weighted by Gasteiger charge is -2.13. The van der Waals surface area contributed by atoms with E-state index in [0.29, 0.717) is 5.69 Å². The van der Waals surface area contributed by atoms with Crippen LogP contribution >= 0.6 is 0 Å². The number of amides is 1. The van der Waals surface area contributed by atoms with Crippen molar-refractivity contribution >= 4 is 5.91 Å². The minimum atomic E-state index is -0.705. The number of halogens is 1. The number of aliphatic hydroxyl groups is 1. The molecule has 0 aliphatic rings. The Morgan fingerprint density at radius 1 is 1.25 bits per heavy atom. The van der Waals surface area contributed by atoms with Gasteiger partial charge in [0.25, 0.3) is 11.5 Å². The lowest BCUT2D eigenvalue weighted by atomic mass is 10.1. The predicted octanol–water partition coefficient (Wildman–Crippen LogP) is 1.85. The van der Waals surface area contributed by atoms with Crippen molar-refractivity contribution in [3.63, 3.8) is 0 Å². The van der Waals surface area contributed by atoms with Gasteiger partial charge >= 0.3 is 0 Å². The van der Waals surface area contributed by atoms with Gasteiger partial charge in [-0.3, -0.25) is 14.6 Å². The van der Waals surface area contributed by atoms with E-state index in [1.54, 1.807) is 19.2 Å². The maximum Gasteiger partial charge on any atom is 0.284 e. The fourth-order valence-corrected chi connectivity index (χ4v) is 2.53. The van der Waals surface area contributed by atoms with Crippen molar-refractivity contribution in [1.82, 2.24) is 20.1 Å². The minimum absolute atomic E-state index is 0.183. The second kappa shape index (κ2) is 8.10. The van der Waals surface area contributed by atoms with Gasteiger partial charge in [-0.25, -0.2) is 4.39 Å². The van der Waals surface area contributed by atoms with Crippen molar-refractivity contribution < 1.29 is 14.3 Å². The van der Waals surface area contributed by atoms with Crippen molar-refractivity contribution in [1.29, 1.82) is 0 Å². The maximum atomic E-state index is 13.7. The van der Waals surface area contributed by atoms with Gasteiger partial charge in [0.05, 0.1) is 18.0 Å². The summed E-state index contributed by atoms with van der Waals surface area (Å²) in [5, 5.41) is 16.0. The highest BCUT2D eigenvalue weighted by atomic mass is 19.1. The van der Waals surface area contributed by atoms with Crippen molar-refractivity contribution in [2.24, 2.45) is 0 Å². The summed E-state index contributed by atoms with van der Waals surface area (Å²) in [6.07, 6.45) is 1.64. The predicted molar refractivity (Wildman–Crippen MR) is 102 cm³/mol. The molecule has 0 aliphatic carbocycles. The van der Waals surface area contributed by atoms with Crippen LogP contribution in [0.3, 0.4) is 0 Å². The molecule has 1 aromatic carbocycles. The van der Waals surface area contributed by atoms with Gasteiger partial charge in [0, 0.05) is 12.2 Å². The number of rotatable bonds is 5. The van der Waals surface area contributed by atoms with Gasteiger partial charge in [-0.15, -0.1) is 0 Å². The Morgan fingerprint density at radius 2 is 2.04 bits per heavy atom. The second-order valence-corrected chi connectivity index (χ2v) is 6.42. The molecule has 3 rings (SSSR count). The maximum absolute atomic E-state index is 13.7. The van der Waals surface area contributed by atoms with Crippen LogP contribution in [0.25, 0.3) is 17.1 Å². The van der Waals surface area contributed by atoms with Crippen LogP contribution in [0.5, 0.6) is 0 Å². The molecule has 1 amide bonds. The molecule has 0 bridgehead atoms. The van der Waals surface area contributed by atoms with Crippen LogP contribution in [0.2, 0.25) is 0 Å². The Labute approximate surface area is 160 Å². The monoisotopic (exact) mass is 382 g/mol. The first-order chi connectivity index (χ1) is 13.4. The average molecular weight is 382 g/mol. The first-order valence-electron chi connectivity index (χ1n) is 8.64. The third-order valence-corrected chi connectivity index (χ3v) is 4.03. The largest absolute Gasteiger partial charge is 0.394 e. The molecular formula is C20H19FN4O3. The lowest BCUT2D eigenvalue weighted by Crippen LogP contribution is -2.39. The van der Waals surface area contributed by atoms with Crippen LogP contribution < -0.4 is 10.9 Å². The van der Waals surface area contributed by atoms with Crippen molar-refractivity contribution in [3.05, 3.63) is 76.0 Å². The highest BCUT2D eigenvalue weighted by Crippen LogP contribution is 2.16. The number of benzene rings is 1. The standard InChI is InChI=1S/C20H19FN4O3/c1-12-6-7-17(22-10-12)18-9-16(19(27)23-13(2)11-26)20(28)25(24-18)15-5-3-4-14(21)8-15/h3-10,13,26H,11H2,1-2H3,(H,23,27)/t13-/m0/s1. The smallest absolute Gasteiger partial charge is 0.284 e. The van der Waals surface area contributed by atoms with E-state index in [1.165, 1.54) is 24.3 Å². The molecule has 2 N–H and O–H groups in total. The van der Waals surface area contributed by atoms with Crippen molar-refractivity contribution in [2.45, 2.75) is 19.9 Å². The number of nitrogens with one attached hydrogen (secondary N) is 1. The Bertz CT molecular complexity index is 1060. The van der Waals surface area contributed by atoms with E-state index in [0.717, 1.165) is 16.3 Å². The molecule has 7 nitrogen and oxygen atoms in total. The van der Waals surface area contributed by atoms with Crippen LogP contribution in [0.1, 0.15) is 22.8 Å². The first-order valence-corrected chi connectivity index (χ1v) is 8.64. The summed E-state index contributed by atoms with van der Waals surface area (Å²) in [5.74, 6) is -1.20. The third kappa shape index (κ3) is 4.12. The molecule has 3 aromatic rings. The van der Waals surface area contributed by atoms with Crippen LogP contribution in [0.4, 0.5) is 4.39 Å². The third-order valence-electron chi connectivity index (χ3n) is 4.03. The number of carbonyl (C=O) groups is 1. The molecule has 0 fully saturated rings. The van der Waals surface area contributed by atoms with Gasteiger partial charge in [-0.05, 0) is 49.7 Å². The molecule has 2 heterocycles. The summed E-state index contributed by atoms with van der Waals surface area (Å²) in [5.41, 5.74) is 0.979. The van der Waals surface area contributed by atoms with Crippen molar-refractivity contribution in [3.8, 4) is 17.1 Å². The number of aliphatic hydroxyl groups excluding tert-OH is 1. The van der Waals surface area contributed by atoms with E-state index in [1.807, 2.05) is 13.0 Å². The number of hydrogen-bond acceptors (Lipinski definition) is 5. The molecule has 1 atom stereocenters. The highest BCUT2D eigenvalue weighted by molar-refractivity contribution is 5.94. The topological polar surface area (TPSA) is 97.1 Å². The summed E-state index contributed by atoms with van der Waals surface area (Å²) < 4.78 is 14.6. The van der Waals surface area contributed by atoms with E-state index >= 15 is 0 Å². The van der Waals surface area contributed by atoms with Crippen LogP contribution in [0.15, 0.2) is 53.5 Å². The summed E-state index contributed by atoms with van der Waals surface area (Å²) in [4.78, 5) is 29.7. The fourth-order valence-electron chi connectivity index (χ4n) is 2.53. The molecule has 0 saturated carbocycles. The molecular weight excluding hydrogens is 363 g/mol. The number of aryl methyl sites for hydroxylation is 1. The van der Waals surface area contributed by atoms with E-state index < -0.39 is 23.3 Å². The molecule has 0 unspecified atom stereocenters. The number of carbonyl (C=O) groups excluding carboxylic acids is 1. The number of hydrogen-bond donors (Lipinski definition) is 2. The van der Waals surface area contributed by atoms with Crippen LogP contribution in [-0.2, 0) is 0 Å². The van der Waals surface area contributed by atoms with Gasteiger partial charge < -0.3 is 10.4 Å². The zero-order valence-corrected chi connectivity index (χ0v) is 15.4. The summed E-state index contributed by atoms with van der Waals surface area (Å²) in [7, 11) is 0. The number of aromatic nitrogens is 3. The van der Waals surface area contributed by atoms with Gasteiger partial charge in [0.2, 0.25) is 0 Å². The minimum Gasteiger partial charge on any atom is -0.394 e. The Hall–Kier alpha value is -3.39. The van der Waals surface area contributed by atoms with E-state index in [-0.39, 0.29) is 23.6 Å². The summed E-state index contributed by atoms with van der Waals surface area (Å²) in [6.45, 7) is 3.21. The number of nitrogens with zero attached hydrogens (tertiary/aromatic N) is 3. The van der Waals surface area contributed by atoms with E-state index in [9.17, 15) is 14.0 Å². The van der Waals surface area contributed by atoms with E-state index in [2.05, 4.69) is 15.4 Å². The Morgan fingerprint density at radius 3 is 2.68 bits per heavy atom. The Kier molecular flexibility index (Phi) is 5.60. The molecule has 0 spiro atoms. The first kappa shape index (κ1) is 19.4. The summed E-state index contributed by atoms with van der Waals surface area (Å²) in [6, 6.07) is 9.71. The molecule has 0 saturated heterocycles. The zero-order chi connectivity index (χ0) is 20.3. The van der Waals surface area contributed by atoms with Crippen LogP contribution in [0, 0.1) is 12.7 Å².